The van der Waals surface area contributed by atoms with Gasteiger partial charge in [-0.25, -0.2) is 0 Å². The Hall–Kier alpha value is -2.26. The maximum Gasteiger partial charge on any atom is 0.264 e. The highest BCUT2D eigenvalue weighted by Gasteiger charge is 2.39. The largest absolute Gasteiger partial charge is 0.377 e. The van der Waals surface area contributed by atoms with Crippen LogP contribution in [0.4, 0.5) is 0 Å². The monoisotopic (exact) mass is 470 g/mol. The second-order valence-electron chi connectivity index (χ2n) is 8.80. The van der Waals surface area contributed by atoms with Crippen LogP contribution in [-0.4, -0.2) is 72.6 Å². The molecule has 3 N–H and O–H groups in total. The number of hydrogen-bond acceptors (Lipinski definition) is 6. The summed E-state index contributed by atoms with van der Waals surface area (Å²) >= 11 is 1.42. The molecule has 4 rings (SSSR count). The number of amides is 2. The molecule has 3 heterocycles. The molecule has 2 saturated heterocycles. The molecule has 3 atom stereocenters. The Labute approximate surface area is 199 Å². The Balaban J connectivity index is 1.53. The lowest BCUT2D eigenvalue weighted by Crippen LogP contribution is -2.58. The zero-order valence-electron chi connectivity index (χ0n) is 19.0. The van der Waals surface area contributed by atoms with Gasteiger partial charge in [0, 0.05) is 45.4 Å². The molecule has 0 saturated carbocycles. The lowest BCUT2D eigenvalue weighted by Gasteiger charge is -2.43. The summed E-state index contributed by atoms with van der Waals surface area (Å²) in [6.45, 7) is 3.81. The maximum atomic E-state index is 13.2. The SMILES string of the molecule is NCCNC(=O)[C@H]1CC(N(Cc2ccccc2)CC2CCCO2)CCN1C(=O)c1cccs1. The van der Waals surface area contributed by atoms with Gasteiger partial charge in [-0.15, -0.1) is 11.3 Å². The van der Waals surface area contributed by atoms with Crippen molar-refractivity contribution >= 4 is 23.2 Å². The van der Waals surface area contributed by atoms with Crippen molar-refractivity contribution in [1.29, 1.82) is 0 Å². The Kier molecular flexibility index (Phi) is 8.50. The van der Waals surface area contributed by atoms with Gasteiger partial charge in [0.2, 0.25) is 5.91 Å². The molecule has 0 radical (unpaired) electrons. The Morgan fingerprint density at radius 3 is 2.73 bits per heavy atom. The Morgan fingerprint density at radius 1 is 1.18 bits per heavy atom. The first-order chi connectivity index (χ1) is 16.2. The number of likely N-dealkylation sites (tertiary alicyclic amines) is 1. The smallest absolute Gasteiger partial charge is 0.264 e. The van der Waals surface area contributed by atoms with Crippen molar-refractivity contribution in [3.8, 4) is 0 Å². The zero-order chi connectivity index (χ0) is 23.0. The summed E-state index contributed by atoms with van der Waals surface area (Å²) in [5.74, 6) is -0.183. The fourth-order valence-electron chi connectivity index (χ4n) is 4.84. The highest BCUT2D eigenvalue weighted by Crippen LogP contribution is 2.28. The average molecular weight is 471 g/mol. The third kappa shape index (κ3) is 6.20. The van der Waals surface area contributed by atoms with Crippen LogP contribution in [0.15, 0.2) is 47.8 Å². The van der Waals surface area contributed by atoms with E-state index in [1.54, 1.807) is 4.90 Å². The van der Waals surface area contributed by atoms with Gasteiger partial charge < -0.3 is 20.7 Å². The van der Waals surface area contributed by atoms with E-state index in [0.717, 1.165) is 39.0 Å². The summed E-state index contributed by atoms with van der Waals surface area (Å²) in [4.78, 5) is 31.2. The summed E-state index contributed by atoms with van der Waals surface area (Å²) in [6.07, 6.45) is 3.83. The normalized spacial score (nSPS) is 23.1. The molecule has 7 nitrogen and oxygen atoms in total. The first-order valence-electron chi connectivity index (χ1n) is 11.9. The van der Waals surface area contributed by atoms with Gasteiger partial charge in [-0.3, -0.25) is 14.5 Å². The summed E-state index contributed by atoms with van der Waals surface area (Å²) in [6, 6.07) is 13.8. The third-order valence-electron chi connectivity index (χ3n) is 6.52. The van der Waals surface area contributed by atoms with E-state index in [4.69, 9.17) is 10.5 Å². The lowest BCUT2D eigenvalue weighted by atomic mass is 9.93. The second-order valence-corrected chi connectivity index (χ2v) is 9.75. The van der Waals surface area contributed by atoms with Crippen LogP contribution < -0.4 is 11.1 Å². The molecule has 2 aliphatic heterocycles. The van der Waals surface area contributed by atoms with Crippen LogP contribution in [0.25, 0.3) is 0 Å². The molecular weight excluding hydrogens is 436 g/mol. The van der Waals surface area contributed by atoms with Gasteiger partial charge in [0.1, 0.15) is 6.04 Å². The average Bonchev–Trinajstić information content (AvgIpc) is 3.57. The van der Waals surface area contributed by atoms with Crippen LogP contribution in [0, 0.1) is 0 Å². The van der Waals surface area contributed by atoms with Crippen LogP contribution in [0.3, 0.4) is 0 Å². The number of thiophene rings is 1. The van der Waals surface area contributed by atoms with Crippen LogP contribution in [0.5, 0.6) is 0 Å². The summed E-state index contributed by atoms with van der Waals surface area (Å²) in [7, 11) is 0. The first kappa shape index (κ1) is 23.9. The van der Waals surface area contributed by atoms with E-state index in [2.05, 4.69) is 34.5 Å². The minimum Gasteiger partial charge on any atom is -0.377 e. The van der Waals surface area contributed by atoms with Gasteiger partial charge in [-0.1, -0.05) is 36.4 Å². The van der Waals surface area contributed by atoms with Crippen molar-refractivity contribution in [1.82, 2.24) is 15.1 Å². The predicted molar refractivity (Wildman–Crippen MR) is 130 cm³/mol. The molecular formula is C25H34N4O3S. The first-order valence-corrected chi connectivity index (χ1v) is 12.8. The number of hydrogen-bond donors (Lipinski definition) is 2. The highest BCUT2D eigenvalue weighted by atomic mass is 32.1. The number of carbonyl (C=O) groups is 2. The van der Waals surface area contributed by atoms with Crippen molar-refractivity contribution in [2.75, 3.05) is 32.8 Å². The van der Waals surface area contributed by atoms with Gasteiger partial charge in [0.05, 0.1) is 11.0 Å². The molecule has 1 aromatic heterocycles. The maximum absolute atomic E-state index is 13.2. The van der Waals surface area contributed by atoms with Gasteiger partial charge >= 0.3 is 0 Å². The summed E-state index contributed by atoms with van der Waals surface area (Å²) in [5, 5.41) is 4.81. The van der Waals surface area contributed by atoms with Crippen molar-refractivity contribution < 1.29 is 14.3 Å². The second kappa shape index (κ2) is 11.7. The molecule has 8 heteroatoms. The van der Waals surface area contributed by atoms with E-state index in [9.17, 15) is 9.59 Å². The minimum atomic E-state index is -0.507. The Bertz CT molecular complexity index is 886. The summed E-state index contributed by atoms with van der Waals surface area (Å²) in [5.41, 5.74) is 6.86. The quantitative estimate of drug-likeness (QED) is 0.588. The van der Waals surface area contributed by atoms with Gasteiger partial charge in [-0.05, 0) is 42.7 Å². The van der Waals surface area contributed by atoms with Gasteiger partial charge in [0.15, 0.2) is 0 Å². The van der Waals surface area contributed by atoms with Crippen LogP contribution >= 0.6 is 11.3 Å². The van der Waals surface area contributed by atoms with Crippen molar-refractivity contribution in [2.24, 2.45) is 5.73 Å². The molecule has 178 valence electrons. The topological polar surface area (TPSA) is 87.9 Å². The van der Waals surface area contributed by atoms with Gasteiger partial charge in [0.25, 0.3) is 5.91 Å². The molecule has 1 aromatic carbocycles. The number of piperidine rings is 1. The Morgan fingerprint density at radius 2 is 2.03 bits per heavy atom. The highest BCUT2D eigenvalue weighted by molar-refractivity contribution is 7.12. The number of rotatable bonds is 9. The lowest BCUT2D eigenvalue weighted by molar-refractivity contribution is -0.127. The van der Waals surface area contributed by atoms with E-state index in [1.165, 1.54) is 16.9 Å². The molecule has 2 fully saturated rings. The minimum absolute atomic E-state index is 0.0647. The van der Waals surface area contributed by atoms with Crippen LogP contribution in [0.2, 0.25) is 0 Å². The molecule has 2 unspecified atom stereocenters. The standard InChI is InChI=1S/C25H34N4O3S/c26-11-12-27-24(30)22-16-20(10-13-29(22)25(31)23-9-5-15-33-23)28(18-21-8-4-14-32-21)17-19-6-2-1-3-7-19/h1-3,5-7,9,15,20-22H,4,8,10-14,16-18,26H2,(H,27,30)/t20?,21?,22-/m1/s1. The number of nitrogens with zero attached hydrogens (tertiary/aromatic N) is 2. The van der Waals surface area contributed by atoms with E-state index < -0.39 is 6.04 Å². The predicted octanol–water partition coefficient (Wildman–Crippen LogP) is 2.48. The van der Waals surface area contributed by atoms with Crippen LogP contribution in [-0.2, 0) is 16.1 Å². The van der Waals surface area contributed by atoms with Crippen molar-refractivity contribution in [3.63, 3.8) is 0 Å². The number of nitrogens with two attached hydrogens (primary N) is 1. The molecule has 2 aromatic rings. The van der Waals surface area contributed by atoms with E-state index in [1.807, 2.05) is 23.6 Å². The number of nitrogens with one attached hydrogen (secondary N) is 1. The molecule has 33 heavy (non-hydrogen) atoms. The number of ether oxygens (including phenoxy) is 1. The molecule has 2 aliphatic rings. The van der Waals surface area contributed by atoms with E-state index in [0.29, 0.717) is 30.9 Å². The molecule has 2 amide bonds. The number of carbonyl (C=O) groups excluding carboxylic acids is 2. The fourth-order valence-corrected chi connectivity index (χ4v) is 5.51. The fraction of sp³-hybridized carbons (Fsp3) is 0.520. The van der Waals surface area contributed by atoms with Crippen molar-refractivity contribution in [3.05, 3.63) is 58.3 Å². The van der Waals surface area contributed by atoms with Crippen LogP contribution in [0.1, 0.15) is 40.9 Å². The van der Waals surface area contributed by atoms with Gasteiger partial charge in [-0.2, -0.15) is 0 Å². The van der Waals surface area contributed by atoms with E-state index >= 15 is 0 Å². The molecule has 0 bridgehead atoms. The molecule has 0 spiro atoms. The molecule has 0 aliphatic carbocycles. The van der Waals surface area contributed by atoms with Crippen molar-refractivity contribution in [2.45, 2.75) is 50.4 Å². The third-order valence-corrected chi connectivity index (χ3v) is 7.38. The number of benzene rings is 1. The summed E-state index contributed by atoms with van der Waals surface area (Å²) < 4.78 is 5.95. The van der Waals surface area contributed by atoms with E-state index in [-0.39, 0.29) is 24.0 Å². The zero-order valence-corrected chi connectivity index (χ0v) is 19.8.